The number of aliphatic carboxylic acids is 1. The number of halogens is 3. The minimum Gasteiger partial charge on any atom is -0.475 e. The highest BCUT2D eigenvalue weighted by atomic mass is 32.1. The topological polar surface area (TPSA) is 104 Å². The maximum Gasteiger partial charge on any atom is 0.490 e. The van der Waals surface area contributed by atoms with Crippen LogP contribution in [-0.4, -0.2) is 67.5 Å². The number of hydrogen-bond donors (Lipinski definition) is 1. The van der Waals surface area contributed by atoms with Crippen molar-refractivity contribution in [2.45, 2.75) is 44.6 Å². The van der Waals surface area contributed by atoms with E-state index >= 15 is 0 Å². The number of aryl methyl sites for hydroxylation is 1. The van der Waals surface area contributed by atoms with E-state index in [2.05, 4.69) is 9.97 Å². The number of alkyl halides is 3. The number of aromatic nitrogens is 2. The lowest BCUT2D eigenvalue weighted by atomic mass is 10.1. The van der Waals surface area contributed by atoms with E-state index in [-0.39, 0.29) is 23.9 Å². The van der Waals surface area contributed by atoms with Gasteiger partial charge in [0.1, 0.15) is 0 Å². The lowest BCUT2D eigenvalue weighted by molar-refractivity contribution is -0.192. The second-order valence-electron chi connectivity index (χ2n) is 7.05. The zero-order valence-corrected chi connectivity index (χ0v) is 17.2. The predicted octanol–water partition coefficient (Wildman–Crippen LogP) is 2.50. The molecule has 1 N–H and O–H groups in total. The second-order valence-corrected chi connectivity index (χ2v) is 8.11. The first-order chi connectivity index (χ1) is 14.6. The Morgan fingerprint density at radius 3 is 2.58 bits per heavy atom. The van der Waals surface area contributed by atoms with Crippen LogP contribution in [0.2, 0.25) is 0 Å². The molecule has 2 atom stereocenters. The Morgan fingerprint density at radius 2 is 2.03 bits per heavy atom. The van der Waals surface area contributed by atoms with Crippen LogP contribution in [0.25, 0.3) is 0 Å². The maximum atomic E-state index is 12.7. The molecule has 31 heavy (non-hydrogen) atoms. The zero-order valence-electron chi connectivity index (χ0n) is 16.4. The molecule has 0 aliphatic carbocycles. The van der Waals surface area contributed by atoms with Crippen LogP contribution in [0, 0.1) is 6.92 Å². The summed E-state index contributed by atoms with van der Waals surface area (Å²) < 4.78 is 31.7. The van der Waals surface area contributed by atoms with Gasteiger partial charge in [0.15, 0.2) is 0 Å². The molecule has 0 bridgehead atoms. The SMILES string of the molecule is Cc1nc(CN2C(=O)CC3C2CCN3C(=O)c2cccnc2)cs1.O=C(O)C(F)(F)F. The van der Waals surface area contributed by atoms with E-state index in [9.17, 15) is 22.8 Å². The monoisotopic (exact) mass is 456 g/mol. The van der Waals surface area contributed by atoms with Crippen LogP contribution < -0.4 is 0 Å². The molecule has 0 radical (unpaired) electrons. The molecule has 0 spiro atoms. The number of fused-ring (bicyclic) bond motifs is 1. The van der Waals surface area contributed by atoms with Crippen LogP contribution in [0.3, 0.4) is 0 Å². The summed E-state index contributed by atoms with van der Waals surface area (Å²) in [6, 6.07) is 3.59. The van der Waals surface area contributed by atoms with Crippen LogP contribution in [0.15, 0.2) is 29.9 Å². The van der Waals surface area contributed by atoms with Crippen molar-refractivity contribution in [3.05, 3.63) is 46.2 Å². The van der Waals surface area contributed by atoms with E-state index in [1.165, 1.54) is 0 Å². The fourth-order valence-corrected chi connectivity index (χ4v) is 4.30. The molecule has 0 saturated carbocycles. The third-order valence-electron chi connectivity index (χ3n) is 5.03. The van der Waals surface area contributed by atoms with E-state index in [1.807, 2.05) is 22.1 Å². The Labute approximate surface area is 179 Å². The fraction of sp³-hybridized carbons (Fsp3) is 0.421. The smallest absolute Gasteiger partial charge is 0.475 e. The van der Waals surface area contributed by atoms with Crippen LogP contribution in [0.5, 0.6) is 0 Å². The van der Waals surface area contributed by atoms with Crippen LogP contribution in [-0.2, 0) is 16.1 Å². The molecule has 8 nitrogen and oxygen atoms in total. The summed E-state index contributed by atoms with van der Waals surface area (Å²) in [7, 11) is 0. The highest BCUT2D eigenvalue weighted by molar-refractivity contribution is 7.09. The van der Waals surface area contributed by atoms with Gasteiger partial charge in [-0.3, -0.25) is 14.6 Å². The number of carboxylic acids is 1. The van der Waals surface area contributed by atoms with Gasteiger partial charge in [-0.1, -0.05) is 0 Å². The van der Waals surface area contributed by atoms with Crippen molar-refractivity contribution in [3.8, 4) is 0 Å². The highest BCUT2D eigenvalue weighted by Crippen LogP contribution is 2.34. The average Bonchev–Trinajstić information content (AvgIpc) is 3.39. The van der Waals surface area contributed by atoms with Crippen molar-refractivity contribution < 1.29 is 32.7 Å². The lowest BCUT2D eigenvalue weighted by Gasteiger charge is -2.25. The second kappa shape index (κ2) is 9.00. The minimum atomic E-state index is -5.08. The number of carbonyl (C=O) groups is 3. The van der Waals surface area contributed by atoms with Crippen LogP contribution in [0.1, 0.15) is 33.9 Å². The maximum absolute atomic E-state index is 12.7. The fourth-order valence-electron chi connectivity index (χ4n) is 3.70. The zero-order chi connectivity index (χ0) is 22.8. The van der Waals surface area contributed by atoms with Gasteiger partial charge in [-0.15, -0.1) is 11.3 Å². The van der Waals surface area contributed by atoms with Gasteiger partial charge in [0.2, 0.25) is 5.91 Å². The Bertz CT molecular complexity index is 967. The van der Waals surface area contributed by atoms with Gasteiger partial charge < -0.3 is 14.9 Å². The van der Waals surface area contributed by atoms with E-state index in [4.69, 9.17) is 9.90 Å². The molecule has 2 saturated heterocycles. The molecule has 166 valence electrons. The summed E-state index contributed by atoms with van der Waals surface area (Å²) in [5, 5.41) is 10.1. The molecule has 2 aliphatic heterocycles. The molecule has 12 heteroatoms. The largest absolute Gasteiger partial charge is 0.490 e. The molecular weight excluding hydrogens is 437 g/mol. The Kier molecular flexibility index (Phi) is 6.58. The van der Waals surface area contributed by atoms with Gasteiger partial charge >= 0.3 is 12.1 Å². The first kappa shape index (κ1) is 22.7. The average molecular weight is 456 g/mol. The molecule has 2 aromatic rings. The van der Waals surface area contributed by atoms with Crippen LogP contribution >= 0.6 is 11.3 Å². The number of hydrogen-bond acceptors (Lipinski definition) is 6. The molecule has 2 fully saturated rings. The van der Waals surface area contributed by atoms with Crippen molar-refractivity contribution in [1.29, 1.82) is 0 Å². The van der Waals surface area contributed by atoms with Crippen molar-refractivity contribution in [1.82, 2.24) is 19.8 Å². The van der Waals surface area contributed by atoms with E-state index in [0.29, 0.717) is 25.1 Å². The Morgan fingerprint density at radius 1 is 1.32 bits per heavy atom. The van der Waals surface area contributed by atoms with Gasteiger partial charge in [-0.05, 0) is 25.5 Å². The summed E-state index contributed by atoms with van der Waals surface area (Å²) in [5.74, 6) is -2.68. The number of rotatable bonds is 3. The standard InChI is InChI=1S/C17H18N4O2S.C2HF3O2/c1-11-19-13(10-24-11)9-21-14-4-6-20(15(14)7-16(21)22)17(23)12-3-2-5-18-8-12;3-2(4,5)1(6)7/h2-3,5,8,10,14-15H,4,6-7,9H2,1H3;(H,6,7). The molecule has 0 aromatic carbocycles. The van der Waals surface area contributed by atoms with Crippen molar-refractivity contribution in [2.24, 2.45) is 0 Å². The van der Waals surface area contributed by atoms with E-state index in [0.717, 1.165) is 17.1 Å². The summed E-state index contributed by atoms with van der Waals surface area (Å²) in [6.07, 6.45) is -0.617. The number of thiazole rings is 1. The van der Waals surface area contributed by atoms with Crippen molar-refractivity contribution >= 4 is 29.1 Å². The van der Waals surface area contributed by atoms with E-state index < -0.39 is 12.1 Å². The lowest BCUT2D eigenvalue weighted by Crippen LogP contribution is -2.39. The van der Waals surface area contributed by atoms with Crippen LogP contribution in [0.4, 0.5) is 13.2 Å². The first-order valence-corrected chi connectivity index (χ1v) is 10.2. The number of amides is 2. The van der Waals surface area contributed by atoms with Gasteiger partial charge in [0, 0.05) is 30.7 Å². The third kappa shape index (κ3) is 5.19. The summed E-state index contributed by atoms with van der Waals surface area (Å²) in [5.41, 5.74) is 1.52. The molecule has 4 heterocycles. The number of carbonyl (C=O) groups excluding carboxylic acids is 2. The highest BCUT2D eigenvalue weighted by Gasteiger charge is 2.48. The normalized spacial score (nSPS) is 20.3. The Hall–Kier alpha value is -3.02. The minimum absolute atomic E-state index is 0.0326. The molecule has 2 unspecified atom stereocenters. The summed E-state index contributed by atoms with van der Waals surface area (Å²) in [6.45, 7) is 3.19. The van der Waals surface area contributed by atoms with Gasteiger partial charge in [0.25, 0.3) is 5.91 Å². The van der Waals surface area contributed by atoms with E-state index in [1.54, 1.807) is 35.9 Å². The number of nitrogens with zero attached hydrogens (tertiary/aromatic N) is 4. The van der Waals surface area contributed by atoms with Crippen molar-refractivity contribution in [2.75, 3.05) is 6.54 Å². The number of likely N-dealkylation sites (tertiary alicyclic amines) is 2. The molecular formula is C19H19F3N4O4S. The molecule has 2 aromatic heterocycles. The molecule has 4 rings (SSSR count). The van der Waals surface area contributed by atoms with Gasteiger partial charge in [-0.2, -0.15) is 13.2 Å². The quantitative estimate of drug-likeness (QED) is 0.761. The van der Waals surface area contributed by atoms with Crippen molar-refractivity contribution in [3.63, 3.8) is 0 Å². The first-order valence-electron chi connectivity index (χ1n) is 9.29. The number of pyridine rings is 1. The molecule has 2 amide bonds. The Balaban J connectivity index is 0.000000339. The third-order valence-corrected chi connectivity index (χ3v) is 5.85. The summed E-state index contributed by atoms with van der Waals surface area (Å²) >= 11 is 1.60. The molecule has 2 aliphatic rings. The number of carboxylic acid groups (broad SMARTS) is 1. The van der Waals surface area contributed by atoms with Gasteiger partial charge in [0.05, 0.1) is 34.9 Å². The van der Waals surface area contributed by atoms with Gasteiger partial charge in [-0.25, -0.2) is 9.78 Å². The summed E-state index contributed by atoms with van der Waals surface area (Å²) in [4.78, 5) is 46.3. The predicted molar refractivity (Wildman–Crippen MR) is 103 cm³/mol.